The lowest BCUT2D eigenvalue weighted by molar-refractivity contribution is 0.429. The molecule has 0 fully saturated rings. The van der Waals surface area contributed by atoms with Crippen LogP contribution in [-0.4, -0.2) is 23.2 Å². The Labute approximate surface area is 111 Å². The number of rotatable bonds is 4. The summed E-state index contributed by atoms with van der Waals surface area (Å²) in [6.07, 6.45) is 0. The minimum Gasteiger partial charge on any atom is -0.399 e. The second-order valence-electron chi connectivity index (χ2n) is 3.81. The highest BCUT2D eigenvalue weighted by Gasteiger charge is 2.15. The molecule has 0 unspecified atom stereocenters. The van der Waals surface area contributed by atoms with Crippen molar-refractivity contribution in [1.82, 2.24) is 10.1 Å². The molecule has 2 N–H and O–H groups in total. The first-order chi connectivity index (χ1) is 8.65. The normalized spacial score (nSPS) is 10.6. The van der Waals surface area contributed by atoms with Gasteiger partial charge in [-0.25, -0.2) is 0 Å². The van der Waals surface area contributed by atoms with E-state index in [1.165, 1.54) is 0 Å². The molecule has 0 atom stereocenters. The number of benzene rings is 1. The standard InChI is InChI=1S/C12H15ClN4O/c1-3-17(4-2)12-15-11(18-16-12)9-6-5-8(14)7-10(9)13/h5-7H,3-4,14H2,1-2H3. The summed E-state index contributed by atoms with van der Waals surface area (Å²) in [6, 6.07) is 5.19. The minimum absolute atomic E-state index is 0.405. The van der Waals surface area contributed by atoms with Gasteiger partial charge in [0.2, 0.25) is 0 Å². The smallest absolute Gasteiger partial charge is 0.266 e. The molecular formula is C12H15ClN4O. The van der Waals surface area contributed by atoms with Gasteiger partial charge in [-0.2, -0.15) is 4.98 Å². The SMILES string of the molecule is CCN(CC)c1noc(-c2ccc(N)cc2Cl)n1. The summed E-state index contributed by atoms with van der Waals surface area (Å²) in [6.45, 7) is 5.72. The number of nitrogens with zero attached hydrogens (tertiary/aromatic N) is 3. The molecule has 0 spiro atoms. The first-order valence-corrected chi connectivity index (χ1v) is 6.17. The van der Waals surface area contributed by atoms with Gasteiger partial charge in [0, 0.05) is 18.8 Å². The highest BCUT2D eigenvalue weighted by molar-refractivity contribution is 6.33. The van der Waals surface area contributed by atoms with E-state index in [0.29, 0.717) is 28.1 Å². The molecule has 2 aromatic rings. The highest BCUT2D eigenvalue weighted by atomic mass is 35.5. The third-order valence-corrected chi connectivity index (χ3v) is 3.00. The summed E-state index contributed by atoms with van der Waals surface area (Å²) in [5, 5.41) is 4.45. The molecule has 0 saturated carbocycles. The van der Waals surface area contributed by atoms with Crippen molar-refractivity contribution >= 4 is 23.2 Å². The number of nitrogens with two attached hydrogens (primary N) is 1. The number of aromatic nitrogens is 2. The van der Waals surface area contributed by atoms with Crippen LogP contribution in [0.2, 0.25) is 5.02 Å². The Hall–Kier alpha value is -1.75. The van der Waals surface area contributed by atoms with Crippen molar-refractivity contribution < 1.29 is 4.52 Å². The van der Waals surface area contributed by atoms with Gasteiger partial charge in [-0.1, -0.05) is 11.6 Å². The molecule has 2 rings (SSSR count). The number of anilines is 2. The molecule has 1 heterocycles. The Morgan fingerprint density at radius 2 is 2.06 bits per heavy atom. The molecule has 5 nitrogen and oxygen atoms in total. The van der Waals surface area contributed by atoms with Gasteiger partial charge >= 0.3 is 0 Å². The van der Waals surface area contributed by atoms with Crippen molar-refractivity contribution in [3.8, 4) is 11.5 Å². The fraction of sp³-hybridized carbons (Fsp3) is 0.333. The summed E-state index contributed by atoms with van der Waals surface area (Å²) >= 11 is 6.10. The van der Waals surface area contributed by atoms with Gasteiger partial charge in [-0.3, -0.25) is 0 Å². The van der Waals surface area contributed by atoms with Crippen molar-refractivity contribution in [3.05, 3.63) is 23.2 Å². The van der Waals surface area contributed by atoms with Crippen LogP contribution < -0.4 is 10.6 Å². The van der Waals surface area contributed by atoms with E-state index in [1.54, 1.807) is 18.2 Å². The van der Waals surface area contributed by atoms with Gasteiger partial charge in [0.05, 0.1) is 10.6 Å². The molecule has 18 heavy (non-hydrogen) atoms. The number of hydrogen-bond acceptors (Lipinski definition) is 5. The van der Waals surface area contributed by atoms with Crippen molar-refractivity contribution in [1.29, 1.82) is 0 Å². The quantitative estimate of drug-likeness (QED) is 0.862. The fourth-order valence-corrected chi connectivity index (χ4v) is 1.93. The summed E-state index contributed by atoms with van der Waals surface area (Å²) in [7, 11) is 0. The molecule has 1 aromatic heterocycles. The predicted octanol–water partition coefficient (Wildman–Crippen LogP) is 2.82. The zero-order chi connectivity index (χ0) is 13.1. The van der Waals surface area contributed by atoms with E-state index in [-0.39, 0.29) is 0 Å². The van der Waals surface area contributed by atoms with Crippen LogP contribution in [-0.2, 0) is 0 Å². The average Bonchev–Trinajstić information content (AvgIpc) is 2.80. The fourth-order valence-electron chi connectivity index (χ4n) is 1.66. The van der Waals surface area contributed by atoms with Crippen LogP contribution in [0.3, 0.4) is 0 Å². The van der Waals surface area contributed by atoms with Crippen LogP contribution >= 0.6 is 11.6 Å². The molecule has 0 saturated heterocycles. The van der Waals surface area contributed by atoms with E-state index in [0.717, 1.165) is 13.1 Å². The first-order valence-electron chi connectivity index (χ1n) is 5.79. The maximum absolute atomic E-state index is 6.10. The van der Waals surface area contributed by atoms with E-state index in [9.17, 15) is 0 Å². The van der Waals surface area contributed by atoms with Crippen LogP contribution in [0.4, 0.5) is 11.6 Å². The van der Waals surface area contributed by atoms with E-state index in [4.69, 9.17) is 21.9 Å². The lowest BCUT2D eigenvalue weighted by atomic mass is 10.2. The van der Waals surface area contributed by atoms with Gasteiger partial charge in [0.25, 0.3) is 11.8 Å². The maximum Gasteiger partial charge on any atom is 0.266 e. The topological polar surface area (TPSA) is 68.2 Å². The zero-order valence-corrected chi connectivity index (χ0v) is 11.1. The number of halogens is 1. The predicted molar refractivity (Wildman–Crippen MR) is 72.7 cm³/mol. The second kappa shape index (κ2) is 5.27. The van der Waals surface area contributed by atoms with Crippen LogP contribution in [0.25, 0.3) is 11.5 Å². The van der Waals surface area contributed by atoms with Gasteiger partial charge in [0.15, 0.2) is 0 Å². The lowest BCUT2D eigenvalue weighted by Crippen LogP contribution is -2.22. The van der Waals surface area contributed by atoms with E-state index in [1.807, 2.05) is 18.7 Å². The second-order valence-corrected chi connectivity index (χ2v) is 4.22. The van der Waals surface area contributed by atoms with Gasteiger partial charge in [-0.05, 0) is 37.2 Å². The molecular weight excluding hydrogens is 252 g/mol. The first kappa shape index (κ1) is 12.7. The number of nitrogen functional groups attached to an aromatic ring is 1. The molecule has 0 aliphatic carbocycles. The summed E-state index contributed by atoms with van der Waals surface area (Å²) < 4.78 is 5.23. The van der Waals surface area contributed by atoms with Crippen LogP contribution in [0.1, 0.15) is 13.8 Å². The Morgan fingerprint density at radius 3 is 2.67 bits per heavy atom. The minimum atomic E-state index is 0.405. The maximum atomic E-state index is 6.10. The molecule has 0 amide bonds. The lowest BCUT2D eigenvalue weighted by Gasteiger charge is -2.14. The molecule has 0 radical (unpaired) electrons. The monoisotopic (exact) mass is 266 g/mol. The van der Waals surface area contributed by atoms with Gasteiger partial charge in [0.1, 0.15) is 0 Å². The van der Waals surface area contributed by atoms with Crippen LogP contribution in [0, 0.1) is 0 Å². The highest BCUT2D eigenvalue weighted by Crippen LogP contribution is 2.29. The Morgan fingerprint density at radius 1 is 1.33 bits per heavy atom. The third-order valence-electron chi connectivity index (χ3n) is 2.69. The zero-order valence-electron chi connectivity index (χ0n) is 10.4. The molecule has 6 heteroatoms. The largest absolute Gasteiger partial charge is 0.399 e. The van der Waals surface area contributed by atoms with Crippen LogP contribution in [0.5, 0.6) is 0 Å². The molecule has 0 bridgehead atoms. The summed E-state index contributed by atoms with van der Waals surface area (Å²) in [5.41, 5.74) is 6.94. The third kappa shape index (κ3) is 2.41. The Bertz CT molecular complexity index is 537. The van der Waals surface area contributed by atoms with Gasteiger partial charge in [-0.15, -0.1) is 0 Å². The molecule has 96 valence electrons. The van der Waals surface area contributed by atoms with E-state index < -0.39 is 0 Å². The Kier molecular flexibility index (Phi) is 3.72. The molecule has 0 aliphatic rings. The summed E-state index contributed by atoms with van der Waals surface area (Å²) in [4.78, 5) is 6.33. The Balaban J connectivity index is 2.34. The van der Waals surface area contributed by atoms with Crippen LogP contribution in [0.15, 0.2) is 22.7 Å². The van der Waals surface area contributed by atoms with Crippen molar-refractivity contribution in [2.24, 2.45) is 0 Å². The number of hydrogen-bond donors (Lipinski definition) is 1. The molecule has 1 aromatic carbocycles. The van der Waals surface area contributed by atoms with Crippen molar-refractivity contribution in [2.75, 3.05) is 23.7 Å². The van der Waals surface area contributed by atoms with Crippen molar-refractivity contribution in [2.45, 2.75) is 13.8 Å². The van der Waals surface area contributed by atoms with Gasteiger partial charge < -0.3 is 15.2 Å². The summed E-state index contributed by atoms with van der Waals surface area (Å²) in [5.74, 6) is 0.977. The van der Waals surface area contributed by atoms with E-state index in [2.05, 4.69) is 10.1 Å². The average molecular weight is 267 g/mol. The van der Waals surface area contributed by atoms with E-state index >= 15 is 0 Å². The van der Waals surface area contributed by atoms with Crippen molar-refractivity contribution in [3.63, 3.8) is 0 Å². The molecule has 0 aliphatic heterocycles.